The highest BCUT2D eigenvalue weighted by molar-refractivity contribution is 7.89. The van der Waals surface area contributed by atoms with Gasteiger partial charge in [-0.25, -0.2) is 8.42 Å². The molecule has 29 heavy (non-hydrogen) atoms. The first kappa shape index (κ1) is 21.3. The van der Waals surface area contributed by atoms with Gasteiger partial charge in [-0.2, -0.15) is 4.31 Å². The SMILES string of the molecule is CN=C(NCCc1ccccc1)NCc1ccc(S(=O)(=O)N2CCCCC2)cc1. The molecule has 0 saturated carbocycles. The van der Waals surface area contributed by atoms with E-state index in [-0.39, 0.29) is 0 Å². The lowest BCUT2D eigenvalue weighted by Crippen LogP contribution is -2.37. The third-order valence-electron chi connectivity index (χ3n) is 5.11. The van der Waals surface area contributed by atoms with E-state index in [0.717, 1.165) is 43.8 Å². The Morgan fingerprint density at radius 1 is 0.931 bits per heavy atom. The average Bonchev–Trinajstić information content (AvgIpc) is 2.77. The van der Waals surface area contributed by atoms with Gasteiger partial charge in [-0.3, -0.25) is 4.99 Å². The molecule has 7 heteroatoms. The van der Waals surface area contributed by atoms with Crippen molar-refractivity contribution in [2.24, 2.45) is 4.99 Å². The van der Waals surface area contributed by atoms with Crippen LogP contribution in [0.15, 0.2) is 64.5 Å². The lowest BCUT2D eigenvalue weighted by molar-refractivity contribution is 0.346. The van der Waals surface area contributed by atoms with Crippen LogP contribution in [0, 0.1) is 0 Å². The zero-order valence-corrected chi connectivity index (χ0v) is 17.8. The second kappa shape index (κ2) is 10.4. The van der Waals surface area contributed by atoms with Crippen molar-refractivity contribution in [2.45, 2.75) is 37.1 Å². The van der Waals surface area contributed by atoms with Gasteiger partial charge in [0.2, 0.25) is 10.0 Å². The smallest absolute Gasteiger partial charge is 0.243 e. The number of sulfonamides is 1. The Hall–Kier alpha value is -2.38. The van der Waals surface area contributed by atoms with Crippen LogP contribution < -0.4 is 10.6 Å². The van der Waals surface area contributed by atoms with E-state index >= 15 is 0 Å². The molecule has 2 aromatic rings. The predicted octanol–water partition coefficient (Wildman–Crippen LogP) is 2.77. The van der Waals surface area contributed by atoms with E-state index in [1.54, 1.807) is 23.5 Å². The molecule has 0 spiro atoms. The summed E-state index contributed by atoms with van der Waals surface area (Å²) < 4.78 is 27.1. The molecule has 1 aliphatic rings. The van der Waals surface area contributed by atoms with Gasteiger partial charge >= 0.3 is 0 Å². The maximum Gasteiger partial charge on any atom is 0.243 e. The van der Waals surface area contributed by atoms with E-state index in [1.165, 1.54) is 5.56 Å². The molecule has 1 fully saturated rings. The van der Waals surface area contributed by atoms with Crippen molar-refractivity contribution in [2.75, 3.05) is 26.7 Å². The van der Waals surface area contributed by atoms with Crippen molar-refractivity contribution in [3.05, 3.63) is 65.7 Å². The summed E-state index contributed by atoms with van der Waals surface area (Å²) in [6.45, 7) is 2.61. The van der Waals surface area contributed by atoms with E-state index < -0.39 is 10.0 Å². The minimum atomic E-state index is -3.38. The van der Waals surface area contributed by atoms with E-state index in [1.807, 2.05) is 30.3 Å². The molecule has 0 bridgehead atoms. The number of nitrogens with one attached hydrogen (secondary N) is 2. The predicted molar refractivity (Wildman–Crippen MR) is 117 cm³/mol. The number of piperidine rings is 1. The second-order valence-electron chi connectivity index (χ2n) is 7.20. The molecule has 0 radical (unpaired) electrons. The maximum absolute atomic E-state index is 12.7. The van der Waals surface area contributed by atoms with E-state index in [4.69, 9.17) is 0 Å². The fourth-order valence-electron chi connectivity index (χ4n) is 3.41. The van der Waals surface area contributed by atoms with Crippen LogP contribution in [-0.4, -0.2) is 45.4 Å². The fraction of sp³-hybridized carbons (Fsp3) is 0.409. The highest BCUT2D eigenvalue weighted by Crippen LogP contribution is 2.20. The molecule has 1 aliphatic heterocycles. The molecule has 156 valence electrons. The molecule has 0 unspecified atom stereocenters. The van der Waals surface area contributed by atoms with Gasteiger partial charge in [-0.15, -0.1) is 0 Å². The van der Waals surface area contributed by atoms with Crippen LogP contribution >= 0.6 is 0 Å². The fourth-order valence-corrected chi connectivity index (χ4v) is 4.93. The number of guanidine groups is 1. The Kier molecular flexibility index (Phi) is 7.66. The van der Waals surface area contributed by atoms with Crippen LogP contribution in [0.5, 0.6) is 0 Å². The van der Waals surface area contributed by atoms with Crippen LogP contribution in [0.4, 0.5) is 0 Å². The summed E-state index contributed by atoms with van der Waals surface area (Å²) in [6.07, 6.45) is 3.91. The van der Waals surface area contributed by atoms with Gasteiger partial charge < -0.3 is 10.6 Å². The van der Waals surface area contributed by atoms with Crippen molar-refractivity contribution in [1.82, 2.24) is 14.9 Å². The molecular formula is C22H30N4O2S. The summed E-state index contributed by atoms with van der Waals surface area (Å²) in [4.78, 5) is 4.61. The molecule has 6 nitrogen and oxygen atoms in total. The van der Waals surface area contributed by atoms with Crippen LogP contribution in [0.2, 0.25) is 0 Å². The third-order valence-corrected chi connectivity index (χ3v) is 7.02. The molecule has 0 aromatic heterocycles. The van der Waals surface area contributed by atoms with Gasteiger partial charge in [-0.1, -0.05) is 48.9 Å². The Bertz CT molecular complexity index is 890. The monoisotopic (exact) mass is 414 g/mol. The van der Waals surface area contributed by atoms with E-state index in [2.05, 4.69) is 27.8 Å². The number of aliphatic imine (C=N–C) groups is 1. The molecule has 2 N–H and O–H groups in total. The minimum absolute atomic E-state index is 0.369. The highest BCUT2D eigenvalue weighted by atomic mass is 32.2. The number of hydrogen-bond donors (Lipinski definition) is 2. The van der Waals surface area contributed by atoms with Crippen LogP contribution in [-0.2, 0) is 23.0 Å². The lowest BCUT2D eigenvalue weighted by atomic mass is 10.1. The first-order valence-electron chi connectivity index (χ1n) is 10.2. The molecule has 1 heterocycles. The van der Waals surface area contributed by atoms with Gasteiger partial charge in [0.25, 0.3) is 0 Å². The summed E-state index contributed by atoms with van der Waals surface area (Å²) in [7, 11) is -1.63. The molecule has 0 amide bonds. The Balaban J connectivity index is 1.49. The molecule has 2 aromatic carbocycles. The Labute approximate surface area is 174 Å². The van der Waals surface area contributed by atoms with Crippen molar-refractivity contribution < 1.29 is 8.42 Å². The van der Waals surface area contributed by atoms with Crippen LogP contribution in [0.25, 0.3) is 0 Å². The third kappa shape index (κ3) is 6.05. The molecule has 1 saturated heterocycles. The standard InChI is InChI=1S/C22H30N4O2S/c1-23-22(24-15-14-19-8-4-2-5-9-19)25-18-20-10-12-21(13-11-20)29(27,28)26-16-6-3-7-17-26/h2,4-5,8-13H,3,6-7,14-18H2,1H3,(H2,23,24,25). The van der Waals surface area contributed by atoms with Crippen molar-refractivity contribution in [3.8, 4) is 0 Å². The zero-order valence-electron chi connectivity index (χ0n) is 17.0. The normalized spacial score (nSPS) is 15.8. The Morgan fingerprint density at radius 2 is 1.62 bits per heavy atom. The van der Waals surface area contributed by atoms with Crippen molar-refractivity contribution in [1.29, 1.82) is 0 Å². The van der Waals surface area contributed by atoms with Gasteiger partial charge in [0.15, 0.2) is 5.96 Å². The van der Waals surface area contributed by atoms with Crippen molar-refractivity contribution in [3.63, 3.8) is 0 Å². The Morgan fingerprint density at radius 3 is 2.28 bits per heavy atom. The number of benzene rings is 2. The summed E-state index contributed by atoms with van der Waals surface area (Å²) >= 11 is 0. The van der Waals surface area contributed by atoms with Gasteiger partial charge in [0, 0.05) is 33.2 Å². The lowest BCUT2D eigenvalue weighted by Gasteiger charge is -2.25. The number of rotatable bonds is 7. The van der Waals surface area contributed by atoms with Crippen molar-refractivity contribution >= 4 is 16.0 Å². The summed E-state index contributed by atoms with van der Waals surface area (Å²) in [5.74, 6) is 0.728. The van der Waals surface area contributed by atoms with Crippen LogP contribution in [0.3, 0.4) is 0 Å². The zero-order chi connectivity index (χ0) is 20.5. The highest BCUT2D eigenvalue weighted by Gasteiger charge is 2.25. The van der Waals surface area contributed by atoms with Crippen LogP contribution in [0.1, 0.15) is 30.4 Å². The van der Waals surface area contributed by atoms with Gasteiger partial charge in [-0.05, 0) is 42.5 Å². The quantitative estimate of drug-likeness (QED) is 0.540. The summed E-state index contributed by atoms with van der Waals surface area (Å²) in [5, 5.41) is 6.58. The first-order chi connectivity index (χ1) is 14.1. The van der Waals surface area contributed by atoms with E-state index in [0.29, 0.717) is 24.5 Å². The second-order valence-corrected chi connectivity index (χ2v) is 9.13. The molecule has 3 rings (SSSR count). The largest absolute Gasteiger partial charge is 0.356 e. The molecule has 0 aliphatic carbocycles. The summed E-state index contributed by atoms with van der Waals surface area (Å²) in [6, 6.07) is 17.4. The van der Waals surface area contributed by atoms with Gasteiger partial charge in [0.05, 0.1) is 4.90 Å². The average molecular weight is 415 g/mol. The topological polar surface area (TPSA) is 73.8 Å². The minimum Gasteiger partial charge on any atom is -0.356 e. The van der Waals surface area contributed by atoms with Gasteiger partial charge in [0.1, 0.15) is 0 Å². The maximum atomic E-state index is 12.7. The first-order valence-corrected chi connectivity index (χ1v) is 11.6. The number of hydrogen-bond acceptors (Lipinski definition) is 3. The summed E-state index contributed by atoms with van der Waals surface area (Å²) in [5.41, 5.74) is 2.29. The number of nitrogens with zero attached hydrogens (tertiary/aromatic N) is 2. The molecule has 0 atom stereocenters. The molecular weight excluding hydrogens is 384 g/mol. The van der Waals surface area contributed by atoms with E-state index in [9.17, 15) is 8.42 Å².